The van der Waals surface area contributed by atoms with Gasteiger partial charge in [-0.25, -0.2) is 0 Å². The molecule has 116 valence electrons. The van der Waals surface area contributed by atoms with E-state index in [0.717, 1.165) is 35.7 Å². The molecule has 0 atom stereocenters. The molecule has 3 rings (SSSR count). The van der Waals surface area contributed by atoms with Crippen LogP contribution in [0.1, 0.15) is 43.2 Å². The molecule has 0 spiro atoms. The fourth-order valence-corrected chi connectivity index (χ4v) is 4.04. The van der Waals surface area contributed by atoms with Gasteiger partial charge in [0, 0.05) is 6.54 Å². The van der Waals surface area contributed by atoms with Crippen molar-refractivity contribution in [1.82, 2.24) is 4.90 Å². The Morgan fingerprint density at radius 2 is 2.00 bits per heavy atom. The molecule has 1 aromatic rings. The molecule has 1 saturated carbocycles. The van der Waals surface area contributed by atoms with E-state index in [1.807, 2.05) is 37.3 Å². The maximum absolute atomic E-state index is 12.5. The average molecular weight is 315 g/mol. The highest BCUT2D eigenvalue weighted by molar-refractivity contribution is 8.18. The van der Waals surface area contributed by atoms with Gasteiger partial charge in [0.05, 0.1) is 4.91 Å². The molecule has 1 aliphatic heterocycles. The van der Waals surface area contributed by atoms with Crippen molar-refractivity contribution in [3.8, 4) is 0 Å². The number of thioether (sulfide) groups is 1. The number of hydrogen-bond acceptors (Lipinski definition) is 3. The second-order valence-electron chi connectivity index (χ2n) is 6.21. The van der Waals surface area contributed by atoms with Crippen LogP contribution >= 0.6 is 11.8 Å². The molecule has 22 heavy (non-hydrogen) atoms. The van der Waals surface area contributed by atoms with Gasteiger partial charge in [-0.3, -0.25) is 14.5 Å². The minimum absolute atomic E-state index is 0.116. The van der Waals surface area contributed by atoms with Crippen molar-refractivity contribution in [3.05, 3.63) is 40.3 Å². The number of carbonyl (C=O) groups is 2. The molecule has 2 aliphatic rings. The highest BCUT2D eigenvalue weighted by atomic mass is 32.2. The van der Waals surface area contributed by atoms with Gasteiger partial charge in [0.25, 0.3) is 11.1 Å². The van der Waals surface area contributed by atoms with Crippen LogP contribution in [-0.2, 0) is 4.79 Å². The predicted molar refractivity (Wildman–Crippen MR) is 90.4 cm³/mol. The fourth-order valence-electron chi connectivity index (χ4n) is 3.20. The molecule has 0 unspecified atom stereocenters. The van der Waals surface area contributed by atoms with Crippen LogP contribution in [0.4, 0.5) is 4.79 Å². The monoisotopic (exact) mass is 315 g/mol. The van der Waals surface area contributed by atoms with Crippen molar-refractivity contribution in [2.75, 3.05) is 6.54 Å². The number of aryl methyl sites for hydroxylation is 1. The SMILES string of the molecule is Cc1cccc(/C=C2/SC(=O)N(CC3CCCCC3)C2=O)c1. The molecule has 2 amide bonds. The number of rotatable bonds is 3. The van der Waals surface area contributed by atoms with Gasteiger partial charge >= 0.3 is 0 Å². The Morgan fingerprint density at radius 3 is 2.73 bits per heavy atom. The van der Waals surface area contributed by atoms with Gasteiger partial charge in [0.15, 0.2) is 0 Å². The standard InChI is InChI=1S/C18H21NO2S/c1-13-6-5-9-15(10-13)11-16-17(20)19(18(21)22-16)12-14-7-3-2-4-8-14/h5-6,9-11,14H,2-4,7-8,12H2,1H3/b16-11+. The van der Waals surface area contributed by atoms with Crippen LogP contribution in [0.15, 0.2) is 29.2 Å². The second kappa shape index (κ2) is 6.69. The van der Waals surface area contributed by atoms with Gasteiger partial charge < -0.3 is 0 Å². The third kappa shape index (κ3) is 3.43. The summed E-state index contributed by atoms with van der Waals surface area (Å²) in [5.41, 5.74) is 2.12. The highest BCUT2D eigenvalue weighted by Crippen LogP contribution is 2.34. The fraction of sp³-hybridized carbons (Fsp3) is 0.444. The molecule has 3 nitrogen and oxygen atoms in total. The summed E-state index contributed by atoms with van der Waals surface area (Å²) in [6.07, 6.45) is 7.84. The summed E-state index contributed by atoms with van der Waals surface area (Å²) in [7, 11) is 0. The van der Waals surface area contributed by atoms with Crippen LogP contribution in [0, 0.1) is 12.8 Å². The van der Waals surface area contributed by atoms with E-state index in [9.17, 15) is 9.59 Å². The van der Waals surface area contributed by atoms with Gasteiger partial charge in [0.2, 0.25) is 0 Å². The first-order valence-corrected chi connectivity index (χ1v) is 8.77. The largest absolute Gasteiger partial charge is 0.293 e. The van der Waals surface area contributed by atoms with Crippen LogP contribution in [0.25, 0.3) is 6.08 Å². The molecular weight excluding hydrogens is 294 g/mol. The summed E-state index contributed by atoms with van der Waals surface area (Å²) in [4.78, 5) is 26.6. The molecule has 1 saturated heterocycles. The van der Waals surface area contributed by atoms with Crippen molar-refractivity contribution in [3.63, 3.8) is 0 Å². The van der Waals surface area contributed by atoms with Crippen molar-refractivity contribution in [2.24, 2.45) is 5.92 Å². The average Bonchev–Trinajstić information content (AvgIpc) is 2.76. The van der Waals surface area contributed by atoms with Gasteiger partial charge in [-0.05, 0) is 49.1 Å². The Bertz CT molecular complexity index is 617. The zero-order valence-electron chi connectivity index (χ0n) is 12.9. The van der Waals surface area contributed by atoms with E-state index >= 15 is 0 Å². The molecule has 0 aromatic heterocycles. The summed E-state index contributed by atoms with van der Waals surface area (Å²) in [5.74, 6) is 0.364. The first-order chi connectivity index (χ1) is 10.6. The predicted octanol–water partition coefficient (Wildman–Crippen LogP) is 4.61. The Morgan fingerprint density at radius 1 is 1.23 bits per heavy atom. The van der Waals surface area contributed by atoms with E-state index in [1.165, 1.54) is 24.2 Å². The molecular formula is C18H21NO2S. The number of benzene rings is 1. The Kier molecular flexibility index (Phi) is 4.67. The van der Waals surface area contributed by atoms with Crippen LogP contribution in [0.3, 0.4) is 0 Å². The topological polar surface area (TPSA) is 37.4 Å². The second-order valence-corrected chi connectivity index (χ2v) is 7.20. The quantitative estimate of drug-likeness (QED) is 0.764. The lowest BCUT2D eigenvalue weighted by Gasteiger charge is -2.25. The molecule has 1 aromatic carbocycles. The molecule has 0 bridgehead atoms. The number of nitrogens with zero attached hydrogens (tertiary/aromatic N) is 1. The molecule has 2 fully saturated rings. The number of hydrogen-bond donors (Lipinski definition) is 0. The minimum atomic E-state index is -0.123. The highest BCUT2D eigenvalue weighted by Gasteiger charge is 2.36. The molecule has 1 heterocycles. The Hall–Kier alpha value is -1.55. The van der Waals surface area contributed by atoms with Crippen LogP contribution in [0.2, 0.25) is 0 Å². The van der Waals surface area contributed by atoms with Gasteiger partial charge in [-0.2, -0.15) is 0 Å². The van der Waals surface area contributed by atoms with E-state index < -0.39 is 0 Å². The lowest BCUT2D eigenvalue weighted by atomic mass is 9.89. The Labute approximate surface area is 135 Å². The van der Waals surface area contributed by atoms with Crippen molar-refractivity contribution < 1.29 is 9.59 Å². The van der Waals surface area contributed by atoms with Gasteiger partial charge in [-0.1, -0.05) is 49.1 Å². The van der Waals surface area contributed by atoms with E-state index in [1.54, 1.807) is 0 Å². The first kappa shape index (κ1) is 15.3. The van der Waals surface area contributed by atoms with Crippen LogP contribution < -0.4 is 0 Å². The summed E-state index contributed by atoms with van der Waals surface area (Å²) < 4.78 is 0. The maximum atomic E-state index is 12.5. The number of imide groups is 1. The maximum Gasteiger partial charge on any atom is 0.293 e. The molecule has 1 aliphatic carbocycles. The number of amides is 2. The van der Waals surface area contributed by atoms with E-state index in [4.69, 9.17) is 0 Å². The summed E-state index contributed by atoms with van der Waals surface area (Å²) in [5, 5.41) is -0.116. The Balaban J connectivity index is 1.73. The molecule has 4 heteroatoms. The van der Waals surface area contributed by atoms with Crippen LogP contribution in [-0.4, -0.2) is 22.6 Å². The van der Waals surface area contributed by atoms with Gasteiger partial charge in [-0.15, -0.1) is 0 Å². The summed E-state index contributed by atoms with van der Waals surface area (Å²) in [6, 6.07) is 7.97. The minimum Gasteiger partial charge on any atom is -0.268 e. The van der Waals surface area contributed by atoms with Crippen LogP contribution in [0.5, 0.6) is 0 Å². The van der Waals surface area contributed by atoms with Crippen molar-refractivity contribution in [1.29, 1.82) is 0 Å². The third-order valence-corrected chi connectivity index (χ3v) is 5.29. The third-order valence-electron chi connectivity index (χ3n) is 4.38. The summed E-state index contributed by atoms with van der Waals surface area (Å²) in [6.45, 7) is 2.61. The van der Waals surface area contributed by atoms with Crippen molar-refractivity contribution >= 4 is 29.0 Å². The normalized spacial score (nSPS) is 21.9. The smallest absolute Gasteiger partial charge is 0.268 e. The lowest BCUT2D eigenvalue weighted by molar-refractivity contribution is -0.123. The first-order valence-electron chi connectivity index (χ1n) is 7.95. The zero-order valence-corrected chi connectivity index (χ0v) is 13.7. The van der Waals surface area contributed by atoms with E-state index in [2.05, 4.69) is 0 Å². The van der Waals surface area contributed by atoms with Crippen molar-refractivity contribution in [2.45, 2.75) is 39.0 Å². The molecule has 0 radical (unpaired) electrons. The zero-order chi connectivity index (χ0) is 15.5. The number of carbonyl (C=O) groups excluding carboxylic acids is 2. The van der Waals surface area contributed by atoms with Gasteiger partial charge in [0.1, 0.15) is 0 Å². The summed E-state index contributed by atoms with van der Waals surface area (Å²) >= 11 is 1.07. The van der Waals surface area contributed by atoms with E-state index in [-0.39, 0.29) is 11.1 Å². The lowest BCUT2D eigenvalue weighted by Crippen LogP contribution is -2.34. The molecule has 0 N–H and O–H groups in total. The van der Waals surface area contributed by atoms with E-state index in [0.29, 0.717) is 17.4 Å².